The topological polar surface area (TPSA) is 53.1 Å². The number of likely N-dealkylation sites (N-methyl/N-ethyl adjacent to an activating group) is 1. The zero-order valence-electron chi connectivity index (χ0n) is 11.7. The van der Waals surface area contributed by atoms with E-state index in [9.17, 15) is 0 Å². The predicted octanol–water partition coefficient (Wildman–Crippen LogP) is 2.05. The second-order valence-corrected chi connectivity index (χ2v) is 4.16. The zero-order chi connectivity index (χ0) is 13.2. The summed E-state index contributed by atoms with van der Waals surface area (Å²) < 4.78 is 0. The molecule has 0 aliphatic heterocycles. The van der Waals surface area contributed by atoms with Gasteiger partial charge in [0.05, 0.1) is 0 Å². The number of hydrogen-bond donors (Lipinski definition) is 2. The smallest absolute Gasteiger partial charge is 0.224 e. The van der Waals surface area contributed by atoms with Gasteiger partial charge in [-0.05, 0) is 32.5 Å². The lowest BCUT2D eigenvalue weighted by Gasteiger charge is -2.19. The van der Waals surface area contributed by atoms with Gasteiger partial charge >= 0.3 is 0 Å². The average Bonchev–Trinajstić information content (AvgIpc) is 2.38. The van der Waals surface area contributed by atoms with Crippen molar-refractivity contribution in [3.05, 3.63) is 12.3 Å². The summed E-state index contributed by atoms with van der Waals surface area (Å²) in [6.45, 7) is 11.5. The summed E-state index contributed by atoms with van der Waals surface area (Å²) in [4.78, 5) is 11.0. The molecule has 1 aromatic heterocycles. The molecule has 1 rings (SSSR count). The highest BCUT2D eigenvalue weighted by Crippen LogP contribution is 2.04. The Morgan fingerprint density at radius 1 is 1.17 bits per heavy atom. The molecule has 0 spiro atoms. The number of rotatable bonds is 9. The van der Waals surface area contributed by atoms with E-state index in [1.54, 1.807) is 6.20 Å². The van der Waals surface area contributed by atoms with Crippen LogP contribution in [-0.4, -0.2) is 47.6 Å². The highest BCUT2D eigenvalue weighted by Gasteiger charge is 2.01. The van der Waals surface area contributed by atoms with Gasteiger partial charge in [-0.3, -0.25) is 0 Å². The molecule has 18 heavy (non-hydrogen) atoms. The minimum atomic E-state index is 0.684. The first kappa shape index (κ1) is 14.7. The van der Waals surface area contributed by atoms with Gasteiger partial charge in [-0.15, -0.1) is 0 Å². The van der Waals surface area contributed by atoms with Crippen LogP contribution < -0.4 is 10.6 Å². The van der Waals surface area contributed by atoms with Crippen molar-refractivity contribution in [2.45, 2.75) is 27.2 Å². The van der Waals surface area contributed by atoms with E-state index in [0.717, 1.165) is 38.5 Å². The highest BCUT2D eigenvalue weighted by atomic mass is 15.2. The molecule has 0 saturated heterocycles. The zero-order valence-corrected chi connectivity index (χ0v) is 11.7. The van der Waals surface area contributed by atoms with Crippen molar-refractivity contribution in [3.8, 4) is 0 Å². The molecule has 0 atom stereocenters. The van der Waals surface area contributed by atoms with Crippen LogP contribution >= 0.6 is 0 Å². The Balaban J connectivity index is 2.36. The van der Waals surface area contributed by atoms with Crippen LogP contribution in [0.1, 0.15) is 27.2 Å². The molecule has 0 unspecified atom stereocenters. The van der Waals surface area contributed by atoms with Crippen molar-refractivity contribution in [3.63, 3.8) is 0 Å². The number of anilines is 2. The van der Waals surface area contributed by atoms with E-state index in [1.807, 2.05) is 13.0 Å². The Labute approximate surface area is 110 Å². The molecule has 0 aromatic carbocycles. The maximum atomic E-state index is 4.38. The van der Waals surface area contributed by atoms with Gasteiger partial charge in [0.15, 0.2) is 0 Å². The maximum absolute atomic E-state index is 4.38. The third kappa shape index (κ3) is 5.31. The van der Waals surface area contributed by atoms with E-state index in [1.165, 1.54) is 6.42 Å². The van der Waals surface area contributed by atoms with Crippen LogP contribution in [-0.2, 0) is 0 Å². The van der Waals surface area contributed by atoms with Crippen LogP contribution in [0, 0.1) is 0 Å². The van der Waals surface area contributed by atoms with E-state index in [-0.39, 0.29) is 0 Å². The van der Waals surface area contributed by atoms with Gasteiger partial charge in [-0.2, -0.15) is 4.98 Å². The molecule has 1 aromatic rings. The third-order valence-corrected chi connectivity index (χ3v) is 2.71. The number of nitrogens with one attached hydrogen (secondary N) is 2. The van der Waals surface area contributed by atoms with Gasteiger partial charge in [-0.25, -0.2) is 4.98 Å². The first-order valence-electron chi connectivity index (χ1n) is 6.83. The summed E-state index contributed by atoms with van der Waals surface area (Å²) in [5, 5.41) is 6.44. The molecule has 0 saturated carbocycles. The number of hydrogen-bond acceptors (Lipinski definition) is 5. The van der Waals surface area contributed by atoms with E-state index in [4.69, 9.17) is 0 Å². The summed E-state index contributed by atoms with van der Waals surface area (Å²) in [5.41, 5.74) is 0. The van der Waals surface area contributed by atoms with Crippen LogP contribution in [0.4, 0.5) is 11.8 Å². The molecule has 0 fully saturated rings. The monoisotopic (exact) mass is 251 g/mol. The largest absolute Gasteiger partial charge is 0.369 e. The third-order valence-electron chi connectivity index (χ3n) is 2.71. The van der Waals surface area contributed by atoms with Crippen molar-refractivity contribution >= 4 is 11.8 Å². The summed E-state index contributed by atoms with van der Waals surface area (Å²) in [7, 11) is 0. The van der Waals surface area contributed by atoms with E-state index in [0.29, 0.717) is 5.95 Å². The van der Waals surface area contributed by atoms with Crippen molar-refractivity contribution in [2.24, 2.45) is 0 Å². The normalized spacial score (nSPS) is 10.7. The van der Waals surface area contributed by atoms with Crippen LogP contribution in [0.5, 0.6) is 0 Å². The van der Waals surface area contributed by atoms with Crippen molar-refractivity contribution in [1.29, 1.82) is 0 Å². The summed E-state index contributed by atoms with van der Waals surface area (Å²) >= 11 is 0. The summed E-state index contributed by atoms with van der Waals surface area (Å²) in [6, 6.07) is 1.90. The van der Waals surface area contributed by atoms with Crippen LogP contribution in [0.3, 0.4) is 0 Å². The Morgan fingerprint density at radius 2 is 2.00 bits per heavy atom. The van der Waals surface area contributed by atoms with Gasteiger partial charge < -0.3 is 15.5 Å². The van der Waals surface area contributed by atoms with Crippen molar-refractivity contribution < 1.29 is 0 Å². The second-order valence-electron chi connectivity index (χ2n) is 4.16. The van der Waals surface area contributed by atoms with E-state index in [2.05, 4.69) is 39.3 Å². The van der Waals surface area contributed by atoms with Crippen LogP contribution in [0.15, 0.2) is 12.3 Å². The molecule has 0 aliphatic carbocycles. The quantitative estimate of drug-likeness (QED) is 0.703. The molecule has 102 valence electrons. The molecule has 2 N–H and O–H groups in total. The van der Waals surface area contributed by atoms with Gasteiger partial charge in [0.1, 0.15) is 5.82 Å². The molecule has 5 nitrogen and oxygen atoms in total. The predicted molar refractivity (Wildman–Crippen MR) is 77.1 cm³/mol. The highest BCUT2D eigenvalue weighted by molar-refractivity contribution is 5.39. The van der Waals surface area contributed by atoms with Crippen LogP contribution in [0.2, 0.25) is 0 Å². The van der Waals surface area contributed by atoms with Crippen molar-refractivity contribution in [2.75, 3.05) is 43.4 Å². The minimum absolute atomic E-state index is 0.684. The Bertz CT molecular complexity index is 329. The van der Waals surface area contributed by atoms with Gasteiger partial charge in [0, 0.05) is 25.8 Å². The maximum Gasteiger partial charge on any atom is 0.224 e. The number of aromatic nitrogens is 2. The lowest BCUT2D eigenvalue weighted by molar-refractivity contribution is 0.300. The molecule has 0 bridgehead atoms. The molecule has 0 aliphatic rings. The molecule has 1 heterocycles. The fraction of sp³-hybridized carbons (Fsp3) is 0.692. The fourth-order valence-corrected chi connectivity index (χ4v) is 1.79. The van der Waals surface area contributed by atoms with E-state index >= 15 is 0 Å². The Hall–Kier alpha value is -1.36. The first-order chi connectivity index (χ1) is 8.80. The average molecular weight is 251 g/mol. The SMILES string of the molecule is CCCN(CC)CCNc1ccnc(NCC)n1. The Kier molecular flexibility index (Phi) is 7.10. The standard InChI is InChI=1S/C13H25N5/c1-4-10-18(6-3)11-9-15-12-7-8-16-13(17-12)14-5-2/h7-8H,4-6,9-11H2,1-3H3,(H2,14,15,16,17). The number of nitrogens with zero attached hydrogens (tertiary/aromatic N) is 3. The lowest BCUT2D eigenvalue weighted by atomic mass is 10.4. The molecular formula is C13H25N5. The van der Waals surface area contributed by atoms with Crippen LogP contribution in [0.25, 0.3) is 0 Å². The molecule has 5 heteroatoms. The second kappa shape index (κ2) is 8.69. The van der Waals surface area contributed by atoms with E-state index < -0.39 is 0 Å². The Morgan fingerprint density at radius 3 is 2.67 bits per heavy atom. The lowest BCUT2D eigenvalue weighted by Crippen LogP contribution is -2.29. The van der Waals surface area contributed by atoms with Gasteiger partial charge in [0.25, 0.3) is 0 Å². The molecule has 0 amide bonds. The summed E-state index contributed by atoms with van der Waals surface area (Å²) in [5.74, 6) is 1.57. The first-order valence-corrected chi connectivity index (χ1v) is 6.83. The van der Waals surface area contributed by atoms with Gasteiger partial charge in [0.2, 0.25) is 5.95 Å². The molecule has 0 radical (unpaired) electrons. The minimum Gasteiger partial charge on any atom is -0.369 e. The summed E-state index contributed by atoms with van der Waals surface area (Å²) in [6.07, 6.45) is 2.98. The fourth-order valence-electron chi connectivity index (χ4n) is 1.79. The van der Waals surface area contributed by atoms with Gasteiger partial charge in [-0.1, -0.05) is 13.8 Å². The van der Waals surface area contributed by atoms with Crippen molar-refractivity contribution in [1.82, 2.24) is 14.9 Å². The molecular weight excluding hydrogens is 226 g/mol.